The first-order valence-corrected chi connectivity index (χ1v) is 7.32. The quantitative estimate of drug-likeness (QED) is 0.317. The zero-order valence-corrected chi connectivity index (χ0v) is 9.59. The summed E-state index contributed by atoms with van der Waals surface area (Å²) in [6.45, 7) is 4.54. The van der Waals surface area contributed by atoms with Crippen molar-refractivity contribution in [2.45, 2.75) is 19.1 Å². The van der Waals surface area contributed by atoms with Crippen molar-refractivity contribution >= 4 is 13.3 Å². The molecule has 0 N–H and O–H groups in total. The van der Waals surface area contributed by atoms with Crippen LogP contribution in [0.15, 0.2) is 30.3 Å². The van der Waals surface area contributed by atoms with Gasteiger partial charge in [0.15, 0.2) is 0 Å². The van der Waals surface area contributed by atoms with Crippen molar-refractivity contribution in [2.75, 3.05) is 0 Å². The first-order chi connectivity index (χ1) is 5.67. The maximum atomic E-state index is 6.99. The largest absolute Gasteiger partial charge is 1.00 e. The van der Waals surface area contributed by atoms with E-state index < -0.39 is 8.07 Å². The Balaban J connectivity index is 0.00000144. The minimum atomic E-state index is -1.38. The van der Waals surface area contributed by atoms with E-state index in [4.69, 9.17) is 6.42 Å². The van der Waals surface area contributed by atoms with E-state index in [1.807, 2.05) is 6.07 Å². The maximum absolute atomic E-state index is 6.99. The molecular formula is C11H13LiSi. The SMILES string of the molecule is [C-]#CC[Si](C)(C)c1ccccc1.[Li+]. The van der Waals surface area contributed by atoms with Crippen LogP contribution >= 0.6 is 0 Å². The Bertz CT molecular complexity index is 285. The topological polar surface area (TPSA) is 0 Å². The van der Waals surface area contributed by atoms with Crippen LogP contribution in [0.5, 0.6) is 0 Å². The van der Waals surface area contributed by atoms with Crippen molar-refractivity contribution in [1.82, 2.24) is 0 Å². The minimum absolute atomic E-state index is 0. The van der Waals surface area contributed by atoms with Crippen molar-refractivity contribution in [3.8, 4) is 5.92 Å². The molecule has 0 nitrogen and oxygen atoms in total. The smallest absolute Gasteiger partial charge is 0.694 e. The van der Waals surface area contributed by atoms with Crippen LogP contribution in [0.4, 0.5) is 0 Å². The third-order valence-electron chi connectivity index (χ3n) is 2.09. The van der Waals surface area contributed by atoms with Gasteiger partial charge in [-0.15, -0.1) is 0 Å². The van der Waals surface area contributed by atoms with Crippen LogP contribution in [0.3, 0.4) is 0 Å². The van der Waals surface area contributed by atoms with Gasteiger partial charge in [-0.3, -0.25) is 0 Å². The third kappa shape index (κ3) is 3.45. The molecule has 0 radical (unpaired) electrons. The monoisotopic (exact) mass is 180 g/mol. The Morgan fingerprint density at radius 1 is 1.23 bits per heavy atom. The molecule has 0 aromatic heterocycles. The van der Waals surface area contributed by atoms with E-state index in [-0.39, 0.29) is 18.9 Å². The summed E-state index contributed by atoms with van der Waals surface area (Å²) >= 11 is 0. The molecule has 0 amide bonds. The third-order valence-corrected chi connectivity index (χ3v) is 5.04. The van der Waals surface area contributed by atoms with Gasteiger partial charge in [0.25, 0.3) is 0 Å². The van der Waals surface area contributed by atoms with E-state index in [2.05, 4.69) is 43.3 Å². The van der Waals surface area contributed by atoms with Gasteiger partial charge in [0, 0.05) is 0 Å². The Labute approximate surface area is 93.9 Å². The van der Waals surface area contributed by atoms with Gasteiger partial charge in [-0.25, -0.2) is 0 Å². The summed E-state index contributed by atoms with van der Waals surface area (Å²) in [6, 6.07) is 11.3. The maximum Gasteiger partial charge on any atom is 1.00 e. The summed E-state index contributed by atoms with van der Waals surface area (Å²) in [7, 11) is -1.38. The normalized spacial score (nSPS) is 9.92. The number of rotatable bonds is 2. The fourth-order valence-corrected chi connectivity index (χ4v) is 2.95. The van der Waals surface area contributed by atoms with E-state index in [0.717, 1.165) is 6.04 Å². The predicted molar refractivity (Wildman–Crippen MR) is 55.5 cm³/mol. The van der Waals surface area contributed by atoms with Crippen molar-refractivity contribution in [3.05, 3.63) is 36.8 Å². The first kappa shape index (κ1) is 12.6. The molecule has 13 heavy (non-hydrogen) atoms. The van der Waals surface area contributed by atoms with Gasteiger partial charge in [0.05, 0.1) is 8.07 Å². The Morgan fingerprint density at radius 2 is 1.77 bits per heavy atom. The van der Waals surface area contributed by atoms with Crippen molar-refractivity contribution < 1.29 is 18.9 Å². The number of hydrogen-bond acceptors (Lipinski definition) is 0. The Morgan fingerprint density at radius 3 is 2.23 bits per heavy atom. The fourth-order valence-electron chi connectivity index (χ4n) is 1.21. The summed E-state index contributed by atoms with van der Waals surface area (Å²) in [5.41, 5.74) is 0. The molecule has 2 heteroatoms. The molecule has 0 saturated carbocycles. The first-order valence-electron chi connectivity index (χ1n) is 4.12. The molecule has 1 rings (SSSR count). The van der Waals surface area contributed by atoms with Gasteiger partial charge in [-0.1, -0.05) is 48.6 Å². The zero-order chi connectivity index (χ0) is 9.03. The fraction of sp³-hybridized carbons (Fsp3) is 0.273. The van der Waals surface area contributed by atoms with Crippen LogP contribution in [0.1, 0.15) is 0 Å². The van der Waals surface area contributed by atoms with Crippen molar-refractivity contribution in [3.63, 3.8) is 0 Å². The summed E-state index contributed by atoms with van der Waals surface area (Å²) in [5, 5.41) is 1.41. The molecule has 0 heterocycles. The van der Waals surface area contributed by atoms with Gasteiger partial charge >= 0.3 is 18.9 Å². The molecule has 0 aliphatic rings. The molecule has 62 valence electrons. The van der Waals surface area contributed by atoms with Crippen molar-refractivity contribution in [2.24, 2.45) is 0 Å². The Hall–Kier alpha value is -0.406. The Kier molecular flexibility index (Phi) is 5.18. The van der Waals surface area contributed by atoms with E-state index in [0.29, 0.717) is 0 Å². The summed E-state index contributed by atoms with van der Waals surface area (Å²) in [4.78, 5) is 0. The van der Waals surface area contributed by atoms with Crippen LogP contribution in [0, 0.1) is 12.3 Å². The molecule has 0 bridgehead atoms. The molecule has 0 saturated heterocycles. The van der Waals surface area contributed by atoms with Gasteiger partial charge in [-0.05, 0) is 6.04 Å². The predicted octanol–water partition coefficient (Wildman–Crippen LogP) is -0.804. The average molecular weight is 180 g/mol. The second kappa shape index (κ2) is 5.35. The standard InChI is InChI=1S/C11H13Si.Li/c1-4-10-12(2,3)11-8-6-5-7-9-11;/h5-9H,10H2,2-3H3;/q-1;+1. The van der Waals surface area contributed by atoms with Gasteiger partial charge in [0.2, 0.25) is 0 Å². The van der Waals surface area contributed by atoms with E-state index in [1.165, 1.54) is 5.19 Å². The van der Waals surface area contributed by atoms with Crippen LogP contribution in [-0.2, 0) is 0 Å². The van der Waals surface area contributed by atoms with E-state index >= 15 is 0 Å². The summed E-state index contributed by atoms with van der Waals surface area (Å²) in [6.07, 6.45) is 6.99. The molecule has 1 aromatic rings. The van der Waals surface area contributed by atoms with E-state index in [1.54, 1.807) is 0 Å². The molecule has 0 spiro atoms. The second-order valence-corrected chi connectivity index (χ2v) is 8.30. The molecular weight excluding hydrogens is 167 g/mol. The second-order valence-electron chi connectivity index (χ2n) is 3.60. The van der Waals surface area contributed by atoms with Crippen LogP contribution < -0.4 is 24.0 Å². The van der Waals surface area contributed by atoms with Crippen LogP contribution in [0.25, 0.3) is 0 Å². The molecule has 0 unspecified atom stereocenters. The molecule has 1 aromatic carbocycles. The molecule has 0 aliphatic carbocycles. The summed E-state index contributed by atoms with van der Waals surface area (Å²) < 4.78 is 0. The van der Waals surface area contributed by atoms with Gasteiger partial charge < -0.3 is 12.3 Å². The van der Waals surface area contributed by atoms with Gasteiger partial charge in [0.1, 0.15) is 0 Å². The molecule has 0 aliphatic heterocycles. The zero-order valence-electron chi connectivity index (χ0n) is 8.59. The van der Waals surface area contributed by atoms with Gasteiger partial charge in [-0.2, -0.15) is 0 Å². The number of hydrogen-bond donors (Lipinski definition) is 0. The summed E-state index contributed by atoms with van der Waals surface area (Å²) in [5.74, 6) is 2.52. The molecule has 0 atom stereocenters. The minimum Gasteiger partial charge on any atom is -0.694 e. The van der Waals surface area contributed by atoms with Crippen molar-refractivity contribution in [1.29, 1.82) is 0 Å². The van der Waals surface area contributed by atoms with Crippen LogP contribution in [0.2, 0.25) is 19.1 Å². The average Bonchev–Trinajstić information content (AvgIpc) is 2.06. The number of benzene rings is 1. The van der Waals surface area contributed by atoms with E-state index in [9.17, 15) is 0 Å². The van der Waals surface area contributed by atoms with Crippen LogP contribution in [-0.4, -0.2) is 8.07 Å². The molecule has 0 fully saturated rings.